The lowest BCUT2D eigenvalue weighted by Gasteiger charge is -2.30. The van der Waals surface area contributed by atoms with E-state index in [-0.39, 0.29) is 11.9 Å². The number of hydrogen-bond acceptors (Lipinski definition) is 2. The quantitative estimate of drug-likeness (QED) is 0.729. The van der Waals surface area contributed by atoms with Crippen molar-refractivity contribution in [2.75, 3.05) is 7.11 Å². The number of carbonyl (C=O) groups excluding carboxylic acids is 1. The van der Waals surface area contributed by atoms with E-state index < -0.39 is 5.41 Å². The van der Waals surface area contributed by atoms with Crippen molar-refractivity contribution in [3.05, 3.63) is 35.9 Å². The van der Waals surface area contributed by atoms with E-state index >= 15 is 0 Å². The Balaban J connectivity index is 2.72. The Morgan fingerprint density at radius 3 is 2.35 bits per heavy atom. The molecule has 0 saturated carbocycles. The molecular weight excluding hydrogens is 212 g/mol. The number of methoxy groups -OCH3 is 1. The van der Waals surface area contributed by atoms with Gasteiger partial charge in [0.15, 0.2) is 0 Å². The molecule has 1 aromatic carbocycles. The Kier molecular flexibility index (Phi) is 4.73. The van der Waals surface area contributed by atoms with Crippen LogP contribution in [0.4, 0.5) is 0 Å². The number of benzene rings is 1. The van der Waals surface area contributed by atoms with Crippen LogP contribution in [0.25, 0.3) is 0 Å². The van der Waals surface area contributed by atoms with Crippen molar-refractivity contribution in [3.63, 3.8) is 0 Å². The molecule has 0 aliphatic carbocycles. The smallest absolute Gasteiger partial charge is 0.311 e. The minimum atomic E-state index is -0.398. The highest BCUT2D eigenvalue weighted by molar-refractivity contribution is 5.76. The summed E-state index contributed by atoms with van der Waals surface area (Å²) < 4.78 is 4.93. The number of hydrogen-bond donors (Lipinski definition) is 0. The zero-order valence-corrected chi connectivity index (χ0v) is 11.2. The standard InChI is InChI=1S/C15H22O2/c1-12(2)15(3,14(16)17-4)11-10-13-8-6-5-7-9-13/h5-9,12H,10-11H2,1-4H3. The molecule has 2 nitrogen and oxygen atoms in total. The molecule has 1 aromatic rings. The molecule has 0 fully saturated rings. The van der Waals surface area contributed by atoms with E-state index in [4.69, 9.17) is 4.74 Å². The van der Waals surface area contributed by atoms with Crippen LogP contribution < -0.4 is 0 Å². The fourth-order valence-electron chi connectivity index (χ4n) is 1.91. The van der Waals surface area contributed by atoms with E-state index in [1.807, 2.05) is 25.1 Å². The first-order valence-corrected chi connectivity index (χ1v) is 6.13. The normalized spacial score (nSPS) is 14.4. The van der Waals surface area contributed by atoms with Crippen LogP contribution in [0.3, 0.4) is 0 Å². The van der Waals surface area contributed by atoms with Crippen molar-refractivity contribution in [2.45, 2.75) is 33.6 Å². The maximum atomic E-state index is 11.9. The largest absolute Gasteiger partial charge is 0.469 e. The highest BCUT2D eigenvalue weighted by Crippen LogP contribution is 2.33. The topological polar surface area (TPSA) is 26.3 Å². The summed E-state index contributed by atoms with van der Waals surface area (Å²) in [6, 6.07) is 10.3. The predicted octanol–water partition coefficient (Wildman–Crippen LogP) is 3.45. The lowest BCUT2D eigenvalue weighted by atomic mass is 9.75. The molecule has 1 rings (SSSR count). The highest BCUT2D eigenvalue weighted by atomic mass is 16.5. The third-order valence-electron chi connectivity index (χ3n) is 3.70. The molecule has 0 aliphatic heterocycles. The first-order valence-electron chi connectivity index (χ1n) is 6.13. The van der Waals surface area contributed by atoms with Crippen molar-refractivity contribution >= 4 is 5.97 Å². The monoisotopic (exact) mass is 234 g/mol. The van der Waals surface area contributed by atoms with Gasteiger partial charge in [-0.05, 0) is 31.2 Å². The molecule has 17 heavy (non-hydrogen) atoms. The average Bonchev–Trinajstić information content (AvgIpc) is 2.35. The second kappa shape index (κ2) is 5.85. The van der Waals surface area contributed by atoms with Gasteiger partial charge in [0, 0.05) is 0 Å². The van der Waals surface area contributed by atoms with Gasteiger partial charge in [-0.2, -0.15) is 0 Å². The summed E-state index contributed by atoms with van der Waals surface area (Å²) in [6.45, 7) is 6.14. The zero-order chi connectivity index (χ0) is 12.9. The number of carbonyl (C=O) groups is 1. The van der Waals surface area contributed by atoms with Gasteiger partial charge in [0.2, 0.25) is 0 Å². The summed E-state index contributed by atoms with van der Waals surface area (Å²) in [6.07, 6.45) is 1.73. The SMILES string of the molecule is COC(=O)C(C)(CCc1ccccc1)C(C)C. The van der Waals surface area contributed by atoms with Crippen molar-refractivity contribution in [3.8, 4) is 0 Å². The van der Waals surface area contributed by atoms with E-state index in [1.165, 1.54) is 12.7 Å². The Hall–Kier alpha value is -1.31. The lowest BCUT2D eigenvalue weighted by Crippen LogP contribution is -2.34. The zero-order valence-electron chi connectivity index (χ0n) is 11.2. The number of ether oxygens (including phenoxy) is 1. The van der Waals surface area contributed by atoms with Gasteiger partial charge in [-0.3, -0.25) is 4.79 Å². The van der Waals surface area contributed by atoms with Gasteiger partial charge in [-0.25, -0.2) is 0 Å². The first-order chi connectivity index (χ1) is 8.00. The van der Waals surface area contributed by atoms with Gasteiger partial charge in [-0.15, -0.1) is 0 Å². The molecule has 1 atom stereocenters. The molecule has 0 heterocycles. The molecule has 94 valence electrons. The van der Waals surface area contributed by atoms with Crippen molar-refractivity contribution in [1.82, 2.24) is 0 Å². The summed E-state index contributed by atoms with van der Waals surface area (Å²) in [5, 5.41) is 0. The number of rotatable bonds is 5. The van der Waals surface area contributed by atoms with Crippen LogP contribution in [-0.4, -0.2) is 13.1 Å². The molecule has 0 aliphatic rings. The second-order valence-corrected chi connectivity index (χ2v) is 5.05. The van der Waals surface area contributed by atoms with Gasteiger partial charge < -0.3 is 4.74 Å². The van der Waals surface area contributed by atoms with E-state index in [0.29, 0.717) is 0 Å². The van der Waals surface area contributed by atoms with Crippen LogP contribution in [0, 0.1) is 11.3 Å². The van der Waals surface area contributed by atoms with Crippen LogP contribution in [0.1, 0.15) is 32.8 Å². The first kappa shape index (κ1) is 13.8. The van der Waals surface area contributed by atoms with E-state index in [0.717, 1.165) is 12.8 Å². The fraction of sp³-hybridized carbons (Fsp3) is 0.533. The Bertz CT molecular complexity index is 356. The molecule has 0 saturated heterocycles. The minimum absolute atomic E-state index is 0.108. The molecular formula is C15H22O2. The predicted molar refractivity (Wildman–Crippen MR) is 69.7 cm³/mol. The maximum Gasteiger partial charge on any atom is 0.311 e. The Morgan fingerprint density at radius 2 is 1.88 bits per heavy atom. The summed E-state index contributed by atoms with van der Waals surface area (Å²) in [5.74, 6) is 0.169. The van der Waals surface area contributed by atoms with Crippen LogP contribution in [-0.2, 0) is 16.0 Å². The van der Waals surface area contributed by atoms with Crippen molar-refractivity contribution in [1.29, 1.82) is 0 Å². The lowest BCUT2D eigenvalue weighted by molar-refractivity contribution is -0.155. The molecule has 0 amide bonds. The third-order valence-corrected chi connectivity index (χ3v) is 3.70. The third kappa shape index (κ3) is 3.32. The molecule has 2 heteroatoms. The average molecular weight is 234 g/mol. The molecule has 0 radical (unpaired) electrons. The van der Waals surface area contributed by atoms with Crippen molar-refractivity contribution < 1.29 is 9.53 Å². The molecule has 0 spiro atoms. The van der Waals surface area contributed by atoms with Gasteiger partial charge in [0.25, 0.3) is 0 Å². The summed E-state index contributed by atoms with van der Waals surface area (Å²) >= 11 is 0. The van der Waals surface area contributed by atoms with Crippen LogP contribution in [0.5, 0.6) is 0 Å². The minimum Gasteiger partial charge on any atom is -0.469 e. The van der Waals surface area contributed by atoms with E-state index in [1.54, 1.807) is 0 Å². The molecule has 0 N–H and O–H groups in total. The summed E-state index contributed by atoms with van der Waals surface area (Å²) in [4.78, 5) is 11.9. The summed E-state index contributed by atoms with van der Waals surface area (Å²) in [7, 11) is 1.46. The molecule has 1 unspecified atom stereocenters. The molecule has 0 aromatic heterocycles. The number of aryl methyl sites for hydroxylation is 1. The van der Waals surface area contributed by atoms with Crippen molar-refractivity contribution in [2.24, 2.45) is 11.3 Å². The van der Waals surface area contributed by atoms with Crippen LogP contribution >= 0.6 is 0 Å². The fourth-order valence-corrected chi connectivity index (χ4v) is 1.91. The van der Waals surface area contributed by atoms with Gasteiger partial charge in [0.05, 0.1) is 12.5 Å². The Morgan fingerprint density at radius 1 is 1.29 bits per heavy atom. The number of esters is 1. The van der Waals surface area contributed by atoms with Crippen LogP contribution in [0.2, 0.25) is 0 Å². The second-order valence-electron chi connectivity index (χ2n) is 5.05. The van der Waals surface area contributed by atoms with Gasteiger partial charge in [-0.1, -0.05) is 44.2 Å². The van der Waals surface area contributed by atoms with Gasteiger partial charge >= 0.3 is 5.97 Å². The van der Waals surface area contributed by atoms with E-state index in [9.17, 15) is 4.79 Å². The Labute approximate surface area is 104 Å². The summed E-state index contributed by atoms with van der Waals surface area (Å²) in [5.41, 5.74) is 0.869. The maximum absolute atomic E-state index is 11.9. The van der Waals surface area contributed by atoms with E-state index in [2.05, 4.69) is 26.0 Å². The highest BCUT2D eigenvalue weighted by Gasteiger charge is 2.37. The van der Waals surface area contributed by atoms with Gasteiger partial charge in [0.1, 0.15) is 0 Å². The molecule has 0 bridgehead atoms. The van der Waals surface area contributed by atoms with Crippen LogP contribution in [0.15, 0.2) is 30.3 Å².